The van der Waals surface area contributed by atoms with Crippen LogP contribution in [0, 0.1) is 5.41 Å². The molecule has 0 saturated heterocycles. The Morgan fingerprint density at radius 2 is 2.00 bits per heavy atom. The van der Waals surface area contributed by atoms with Crippen molar-refractivity contribution >= 4 is 29.0 Å². The van der Waals surface area contributed by atoms with E-state index in [0.717, 1.165) is 54.2 Å². The van der Waals surface area contributed by atoms with E-state index in [0.29, 0.717) is 6.54 Å². The Morgan fingerprint density at radius 3 is 2.76 bits per heavy atom. The fraction of sp³-hybridized carbons (Fsp3) is 0.391. The molecule has 0 aromatic heterocycles. The van der Waals surface area contributed by atoms with Crippen LogP contribution < -0.4 is 16.4 Å². The molecule has 0 radical (unpaired) electrons. The fourth-order valence-corrected chi connectivity index (χ4v) is 4.75. The zero-order valence-corrected chi connectivity index (χ0v) is 17.2. The van der Waals surface area contributed by atoms with Gasteiger partial charge in [0.15, 0.2) is 0 Å². The number of nitrogens with two attached hydrogens (primary N) is 1. The van der Waals surface area contributed by atoms with E-state index in [-0.39, 0.29) is 23.9 Å². The average Bonchev–Trinajstić information content (AvgIpc) is 2.74. The second-order valence-electron chi connectivity index (χ2n) is 8.08. The second kappa shape index (κ2) is 8.56. The molecule has 6 heteroatoms. The summed E-state index contributed by atoms with van der Waals surface area (Å²) in [6.07, 6.45) is 4.82. The number of halogens is 1. The summed E-state index contributed by atoms with van der Waals surface area (Å²) >= 11 is 6.14. The SMILES string of the molecule is NCC(=O)NC1CCC2(CC1)Cc1ccccc1NC2=NCc1cccc(Cl)c1. The highest BCUT2D eigenvalue weighted by Crippen LogP contribution is 2.45. The number of carbonyl (C=O) groups is 1. The quantitative estimate of drug-likeness (QED) is 0.714. The Kier molecular flexibility index (Phi) is 5.88. The number of nitrogens with one attached hydrogen (secondary N) is 2. The number of nitrogens with zero attached hydrogens (tertiary/aromatic N) is 1. The number of fused-ring (bicyclic) bond motifs is 1. The molecule has 1 saturated carbocycles. The van der Waals surface area contributed by atoms with E-state index in [1.165, 1.54) is 5.56 Å². The Morgan fingerprint density at radius 1 is 1.21 bits per heavy atom. The predicted octanol–water partition coefficient (Wildman–Crippen LogP) is 3.91. The topological polar surface area (TPSA) is 79.5 Å². The van der Waals surface area contributed by atoms with E-state index in [1.807, 2.05) is 18.2 Å². The van der Waals surface area contributed by atoms with Gasteiger partial charge in [-0.25, -0.2) is 0 Å². The summed E-state index contributed by atoms with van der Waals surface area (Å²) in [5.74, 6) is 0.979. The van der Waals surface area contributed by atoms with Gasteiger partial charge in [-0.1, -0.05) is 41.9 Å². The zero-order valence-electron chi connectivity index (χ0n) is 16.5. The molecule has 5 nitrogen and oxygen atoms in total. The largest absolute Gasteiger partial charge is 0.352 e. The van der Waals surface area contributed by atoms with Crippen molar-refractivity contribution in [2.75, 3.05) is 11.9 Å². The maximum Gasteiger partial charge on any atom is 0.233 e. The van der Waals surface area contributed by atoms with Crippen LogP contribution in [0.1, 0.15) is 36.8 Å². The van der Waals surface area contributed by atoms with Crippen molar-refractivity contribution in [3.05, 3.63) is 64.7 Å². The van der Waals surface area contributed by atoms with Crippen LogP contribution in [0.15, 0.2) is 53.5 Å². The van der Waals surface area contributed by atoms with Crippen LogP contribution in [-0.2, 0) is 17.8 Å². The molecule has 152 valence electrons. The average molecular weight is 411 g/mol. The van der Waals surface area contributed by atoms with E-state index < -0.39 is 0 Å². The number of aliphatic imine (C=N–C) groups is 1. The van der Waals surface area contributed by atoms with Gasteiger partial charge in [-0.3, -0.25) is 9.79 Å². The van der Waals surface area contributed by atoms with Gasteiger partial charge in [0.1, 0.15) is 5.84 Å². The molecule has 4 N–H and O–H groups in total. The summed E-state index contributed by atoms with van der Waals surface area (Å²) in [6.45, 7) is 0.642. The minimum absolute atomic E-state index is 0.0170. The smallest absolute Gasteiger partial charge is 0.233 e. The lowest BCUT2D eigenvalue weighted by atomic mass is 9.66. The van der Waals surface area contributed by atoms with E-state index >= 15 is 0 Å². The molecule has 29 heavy (non-hydrogen) atoms. The molecule has 2 aromatic rings. The number of para-hydroxylation sites is 1. The van der Waals surface area contributed by atoms with E-state index in [4.69, 9.17) is 22.3 Å². The van der Waals surface area contributed by atoms with Crippen molar-refractivity contribution < 1.29 is 4.79 Å². The first kappa shape index (κ1) is 19.9. The van der Waals surface area contributed by atoms with Gasteiger partial charge in [0, 0.05) is 22.2 Å². The predicted molar refractivity (Wildman–Crippen MR) is 118 cm³/mol. The maximum atomic E-state index is 11.7. The highest BCUT2D eigenvalue weighted by Gasteiger charge is 2.43. The van der Waals surface area contributed by atoms with Crippen LogP contribution in [0.5, 0.6) is 0 Å². The summed E-state index contributed by atoms with van der Waals surface area (Å²) in [5.41, 5.74) is 9.01. The number of carbonyl (C=O) groups excluding carboxylic acids is 1. The minimum atomic E-state index is -0.0760. The van der Waals surface area contributed by atoms with Gasteiger partial charge in [-0.15, -0.1) is 0 Å². The monoisotopic (exact) mass is 410 g/mol. The number of rotatable bonds is 4. The van der Waals surface area contributed by atoms with E-state index in [2.05, 4.69) is 41.0 Å². The third-order valence-electron chi connectivity index (χ3n) is 6.10. The number of benzene rings is 2. The molecule has 4 rings (SSSR count). The molecule has 1 heterocycles. The number of hydrogen-bond donors (Lipinski definition) is 3. The molecule has 0 unspecified atom stereocenters. The van der Waals surface area contributed by atoms with Gasteiger partial charge in [-0.05, 0) is 61.4 Å². The molecule has 2 aromatic carbocycles. The summed E-state index contributed by atoms with van der Waals surface area (Å²) in [5, 5.41) is 7.40. The van der Waals surface area contributed by atoms with E-state index in [9.17, 15) is 4.79 Å². The van der Waals surface area contributed by atoms with Gasteiger partial charge >= 0.3 is 0 Å². The standard InChI is InChI=1S/C23H27ClN4O/c24-18-6-3-4-16(12-18)15-26-22-23(13-17-5-1-2-7-20(17)28-22)10-8-19(9-11-23)27-21(29)14-25/h1-7,12,19H,8-11,13-15,25H2,(H,26,28)(H,27,29). The van der Waals surface area contributed by atoms with Crippen LogP contribution >= 0.6 is 11.6 Å². The Hall–Kier alpha value is -2.37. The summed E-state index contributed by atoms with van der Waals surface area (Å²) in [4.78, 5) is 16.7. The fourth-order valence-electron chi connectivity index (χ4n) is 4.53. The molecular formula is C23H27ClN4O. The molecular weight excluding hydrogens is 384 g/mol. The van der Waals surface area contributed by atoms with Crippen LogP contribution in [0.2, 0.25) is 5.02 Å². The van der Waals surface area contributed by atoms with Crippen molar-refractivity contribution in [3.63, 3.8) is 0 Å². The zero-order chi connectivity index (χ0) is 20.3. The molecule has 1 amide bonds. The van der Waals surface area contributed by atoms with Gasteiger partial charge in [0.25, 0.3) is 0 Å². The van der Waals surface area contributed by atoms with Crippen LogP contribution in [0.4, 0.5) is 5.69 Å². The first-order valence-corrected chi connectivity index (χ1v) is 10.6. The molecule has 0 atom stereocenters. The van der Waals surface area contributed by atoms with Crippen LogP contribution in [0.3, 0.4) is 0 Å². The molecule has 0 bridgehead atoms. The van der Waals surface area contributed by atoms with E-state index in [1.54, 1.807) is 0 Å². The number of amidine groups is 1. The minimum Gasteiger partial charge on any atom is -0.352 e. The first-order chi connectivity index (χ1) is 14.1. The Balaban J connectivity index is 1.57. The van der Waals surface area contributed by atoms with Gasteiger partial charge in [0.05, 0.1) is 13.1 Å². The van der Waals surface area contributed by atoms with Gasteiger partial charge in [-0.2, -0.15) is 0 Å². The molecule has 2 aliphatic rings. The third-order valence-corrected chi connectivity index (χ3v) is 6.34. The van der Waals surface area contributed by atoms with Crippen LogP contribution in [-0.4, -0.2) is 24.3 Å². The molecule has 1 aliphatic heterocycles. The normalized spacial score (nSPS) is 24.8. The lowest BCUT2D eigenvalue weighted by molar-refractivity contribution is -0.120. The number of amides is 1. The number of anilines is 1. The summed E-state index contributed by atoms with van der Waals surface area (Å²) < 4.78 is 0. The lowest BCUT2D eigenvalue weighted by Crippen LogP contribution is -2.49. The van der Waals surface area contributed by atoms with Gasteiger partial charge < -0.3 is 16.4 Å². The lowest BCUT2D eigenvalue weighted by Gasteiger charge is -2.44. The first-order valence-electron chi connectivity index (χ1n) is 10.2. The van der Waals surface area contributed by atoms with Gasteiger partial charge in [0.2, 0.25) is 5.91 Å². The van der Waals surface area contributed by atoms with Crippen molar-refractivity contribution in [2.45, 2.75) is 44.7 Å². The Bertz CT molecular complexity index is 919. The Labute approximate surface area is 176 Å². The highest BCUT2D eigenvalue weighted by molar-refractivity contribution is 6.30. The molecule has 1 fully saturated rings. The molecule has 1 spiro atoms. The van der Waals surface area contributed by atoms with Crippen molar-refractivity contribution in [1.29, 1.82) is 0 Å². The van der Waals surface area contributed by atoms with Crippen LogP contribution in [0.25, 0.3) is 0 Å². The van der Waals surface area contributed by atoms with Crippen molar-refractivity contribution in [2.24, 2.45) is 16.1 Å². The number of hydrogen-bond acceptors (Lipinski definition) is 3. The second-order valence-corrected chi connectivity index (χ2v) is 8.52. The van der Waals surface area contributed by atoms with Crippen molar-refractivity contribution in [3.8, 4) is 0 Å². The van der Waals surface area contributed by atoms with Crippen molar-refractivity contribution in [1.82, 2.24) is 5.32 Å². The highest BCUT2D eigenvalue weighted by atomic mass is 35.5. The third kappa shape index (κ3) is 4.46. The maximum absolute atomic E-state index is 11.7. The summed E-state index contributed by atoms with van der Waals surface area (Å²) in [7, 11) is 0. The molecule has 1 aliphatic carbocycles. The summed E-state index contributed by atoms with van der Waals surface area (Å²) in [6, 6.07) is 16.5.